The molecule has 5 heteroatoms. The Balaban J connectivity index is 2.34. The number of carbonyl (C=O) groups excluding carboxylic acids is 1. The van der Waals surface area contributed by atoms with Crippen LogP contribution in [0.4, 0.5) is 4.79 Å². The molecule has 0 spiro atoms. The fourth-order valence-corrected chi connectivity index (χ4v) is 2.58. The van der Waals surface area contributed by atoms with Gasteiger partial charge in [-0.25, -0.2) is 9.69 Å². The zero-order valence-electron chi connectivity index (χ0n) is 12.9. The lowest BCUT2D eigenvalue weighted by Crippen LogP contribution is -2.44. The number of allylic oxidation sites excluding steroid dienone is 2. The van der Waals surface area contributed by atoms with E-state index in [1.807, 2.05) is 43.3 Å². The minimum Gasteiger partial charge on any atom is -0.449 e. The molecule has 0 aromatic heterocycles. The highest BCUT2D eigenvalue weighted by atomic mass is 16.6. The maximum absolute atomic E-state index is 12.1. The van der Waals surface area contributed by atoms with Crippen LogP contribution in [0.1, 0.15) is 31.7 Å². The quantitative estimate of drug-likeness (QED) is 0.855. The van der Waals surface area contributed by atoms with E-state index in [9.17, 15) is 10.1 Å². The van der Waals surface area contributed by atoms with Crippen LogP contribution in [0.25, 0.3) is 0 Å². The van der Waals surface area contributed by atoms with Crippen molar-refractivity contribution in [3.63, 3.8) is 0 Å². The summed E-state index contributed by atoms with van der Waals surface area (Å²) in [5.41, 5.74) is 1.38. The number of ether oxygens (including phenoxy) is 2. The summed E-state index contributed by atoms with van der Waals surface area (Å²) in [6, 6.07) is 12.0. The van der Waals surface area contributed by atoms with Crippen LogP contribution in [0.2, 0.25) is 0 Å². The van der Waals surface area contributed by atoms with E-state index in [1.54, 1.807) is 6.92 Å². The normalized spacial score (nSPS) is 21.0. The van der Waals surface area contributed by atoms with Gasteiger partial charge in [0.05, 0.1) is 6.61 Å². The third-order valence-corrected chi connectivity index (χ3v) is 3.53. The second-order valence-electron chi connectivity index (χ2n) is 4.90. The van der Waals surface area contributed by atoms with E-state index in [2.05, 4.69) is 6.07 Å². The van der Waals surface area contributed by atoms with Crippen LogP contribution in [0.5, 0.6) is 0 Å². The molecular formula is C17H20N2O3. The fraction of sp³-hybridized carbons (Fsp3) is 0.412. The second-order valence-corrected chi connectivity index (χ2v) is 4.90. The Morgan fingerprint density at radius 3 is 2.64 bits per heavy atom. The smallest absolute Gasteiger partial charge is 0.416 e. The third kappa shape index (κ3) is 3.46. The van der Waals surface area contributed by atoms with E-state index in [0.717, 1.165) is 5.56 Å². The van der Waals surface area contributed by atoms with Crippen molar-refractivity contribution in [3.8, 4) is 6.07 Å². The number of nitriles is 1. The molecule has 0 unspecified atom stereocenters. The van der Waals surface area contributed by atoms with Gasteiger partial charge in [0.15, 0.2) is 0 Å². The standard InChI is InChI=1S/C17H20N2O3/c1-3-21-16-11-14(13-8-6-5-7-9-13)10-15(12-18)19(16)17(20)22-4-2/h5-10,14,16H,3-4,11H2,1-2H3/t14-,16+/m0/s1. The summed E-state index contributed by atoms with van der Waals surface area (Å²) in [4.78, 5) is 13.4. The molecular weight excluding hydrogens is 280 g/mol. The largest absolute Gasteiger partial charge is 0.449 e. The Kier molecular flexibility index (Phi) is 5.56. The Labute approximate surface area is 130 Å². The van der Waals surface area contributed by atoms with Crippen LogP contribution < -0.4 is 0 Å². The van der Waals surface area contributed by atoms with E-state index >= 15 is 0 Å². The lowest BCUT2D eigenvalue weighted by molar-refractivity contribution is -0.0430. The average Bonchev–Trinajstić information content (AvgIpc) is 2.55. The maximum atomic E-state index is 12.1. The summed E-state index contributed by atoms with van der Waals surface area (Å²) in [5, 5.41) is 9.41. The number of hydrogen-bond acceptors (Lipinski definition) is 4. The highest BCUT2D eigenvalue weighted by molar-refractivity contribution is 5.72. The predicted molar refractivity (Wildman–Crippen MR) is 81.8 cm³/mol. The molecule has 1 heterocycles. The van der Waals surface area contributed by atoms with Crippen LogP contribution in [-0.4, -0.2) is 30.4 Å². The lowest BCUT2D eigenvalue weighted by atomic mass is 9.91. The first-order valence-electron chi connectivity index (χ1n) is 7.45. The average molecular weight is 300 g/mol. The number of amides is 1. The first-order valence-corrected chi connectivity index (χ1v) is 7.45. The zero-order chi connectivity index (χ0) is 15.9. The van der Waals surface area contributed by atoms with Gasteiger partial charge in [0.1, 0.15) is 18.0 Å². The molecule has 1 aromatic rings. The van der Waals surface area contributed by atoms with Gasteiger partial charge < -0.3 is 9.47 Å². The molecule has 0 N–H and O–H groups in total. The molecule has 1 amide bonds. The van der Waals surface area contributed by atoms with Crippen LogP contribution in [0, 0.1) is 11.3 Å². The summed E-state index contributed by atoms with van der Waals surface area (Å²) in [5.74, 6) is 0.0399. The van der Waals surface area contributed by atoms with E-state index in [1.165, 1.54) is 4.90 Å². The molecule has 116 valence electrons. The lowest BCUT2D eigenvalue weighted by Gasteiger charge is -2.35. The molecule has 0 saturated heterocycles. The summed E-state index contributed by atoms with van der Waals surface area (Å²) in [6.45, 7) is 4.32. The van der Waals surface area contributed by atoms with Crippen molar-refractivity contribution in [2.75, 3.05) is 13.2 Å². The summed E-state index contributed by atoms with van der Waals surface area (Å²) >= 11 is 0. The van der Waals surface area contributed by atoms with E-state index in [-0.39, 0.29) is 18.2 Å². The Bertz CT molecular complexity index is 577. The topological polar surface area (TPSA) is 62.6 Å². The molecule has 0 aliphatic carbocycles. The summed E-state index contributed by atoms with van der Waals surface area (Å²) in [7, 11) is 0. The Hall–Kier alpha value is -2.32. The van der Waals surface area contributed by atoms with Gasteiger partial charge in [0.2, 0.25) is 0 Å². The first-order chi connectivity index (χ1) is 10.7. The molecule has 1 aromatic carbocycles. The van der Waals surface area contributed by atoms with Gasteiger partial charge in [-0.3, -0.25) is 0 Å². The van der Waals surface area contributed by atoms with Crippen LogP contribution in [0.15, 0.2) is 42.1 Å². The Morgan fingerprint density at radius 1 is 1.32 bits per heavy atom. The van der Waals surface area contributed by atoms with Crippen molar-refractivity contribution in [2.24, 2.45) is 0 Å². The van der Waals surface area contributed by atoms with Gasteiger partial charge >= 0.3 is 6.09 Å². The van der Waals surface area contributed by atoms with Crippen molar-refractivity contribution < 1.29 is 14.3 Å². The molecule has 1 aliphatic rings. The number of hydrogen-bond donors (Lipinski definition) is 0. The van der Waals surface area contributed by atoms with Crippen molar-refractivity contribution in [1.29, 1.82) is 5.26 Å². The number of carbonyl (C=O) groups is 1. The molecule has 5 nitrogen and oxygen atoms in total. The maximum Gasteiger partial charge on any atom is 0.416 e. The first kappa shape index (κ1) is 16.1. The summed E-state index contributed by atoms with van der Waals surface area (Å²) in [6.07, 6.45) is 1.37. The predicted octanol–water partition coefficient (Wildman–Crippen LogP) is 3.40. The molecule has 0 saturated carbocycles. The number of nitrogens with zero attached hydrogens (tertiary/aromatic N) is 2. The van der Waals surface area contributed by atoms with Gasteiger partial charge in [-0.05, 0) is 25.5 Å². The minimum atomic E-state index is -0.541. The van der Waals surface area contributed by atoms with E-state index in [0.29, 0.717) is 13.0 Å². The highest BCUT2D eigenvalue weighted by Gasteiger charge is 2.35. The minimum absolute atomic E-state index is 0.0399. The van der Waals surface area contributed by atoms with E-state index < -0.39 is 12.3 Å². The molecule has 0 bridgehead atoms. The van der Waals surface area contributed by atoms with Crippen LogP contribution >= 0.6 is 0 Å². The fourth-order valence-electron chi connectivity index (χ4n) is 2.58. The highest BCUT2D eigenvalue weighted by Crippen LogP contribution is 2.33. The monoisotopic (exact) mass is 300 g/mol. The number of benzene rings is 1. The van der Waals surface area contributed by atoms with Gasteiger partial charge in [-0.15, -0.1) is 0 Å². The zero-order valence-corrected chi connectivity index (χ0v) is 12.9. The molecule has 0 fully saturated rings. The number of rotatable bonds is 4. The van der Waals surface area contributed by atoms with Crippen LogP contribution in [-0.2, 0) is 9.47 Å². The van der Waals surface area contributed by atoms with Gasteiger partial charge in [0.25, 0.3) is 0 Å². The molecule has 1 aliphatic heterocycles. The van der Waals surface area contributed by atoms with Crippen LogP contribution in [0.3, 0.4) is 0 Å². The van der Waals surface area contributed by atoms with E-state index in [4.69, 9.17) is 9.47 Å². The molecule has 22 heavy (non-hydrogen) atoms. The Morgan fingerprint density at radius 2 is 2.05 bits per heavy atom. The van der Waals surface area contributed by atoms with Crippen molar-refractivity contribution >= 4 is 6.09 Å². The summed E-state index contributed by atoms with van der Waals surface area (Å²) < 4.78 is 10.7. The van der Waals surface area contributed by atoms with Gasteiger partial charge in [-0.2, -0.15) is 5.26 Å². The third-order valence-electron chi connectivity index (χ3n) is 3.53. The van der Waals surface area contributed by atoms with Crippen molar-refractivity contribution in [3.05, 3.63) is 47.7 Å². The van der Waals surface area contributed by atoms with Crippen molar-refractivity contribution in [1.82, 2.24) is 4.90 Å². The van der Waals surface area contributed by atoms with Gasteiger partial charge in [-0.1, -0.05) is 30.3 Å². The second kappa shape index (κ2) is 7.62. The van der Waals surface area contributed by atoms with Crippen molar-refractivity contribution in [2.45, 2.75) is 32.4 Å². The molecule has 0 radical (unpaired) electrons. The van der Waals surface area contributed by atoms with Gasteiger partial charge in [0, 0.05) is 18.9 Å². The molecule has 2 atom stereocenters. The SMILES string of the molecule is CCOC(=O)N1C(C#N)=C[C@H](c2ccccc2)C[C@H]1OCC. The molecule has 2 rings (SSSR count).